The zero-order chi connectivity index (χ0) is 26.5. The lowest BCUT2D eigenvalue weighted by molar-refractivity contribution is -0.282. The number of rotatable bonds is 4. The number of aliphatic hydroxyl groups is 1. The number of benzene rings is 1. The molecule has 2 heterocycles. The number of ether oxygens (including phenoxy) is 1. The van der Waals surface area contributed by atoms with Gasteiger partial charge in [-0.25, -0.2) is 0 Å². The number of allylic oxidation sites excluding steroid dienone is 2. The van der Waals surface area contributed by atoms with Crippen molar-refractivity contribution in [2.45, 2.75) is 69.9 Å². The maximum atomic E-state index is 13.9. The molecule has 1 aliphatic carbocycles. The van der Waals surface area contributed by atoms with Crippen molar-refractivity contribution in [2.75, 3.05) is 6.61 Å². The van der Waals surface area contributed by atoms with Crippen LogP contribution in [0.1, 0.15) is 54.6 Å². The Kier molecular flexibility index (Phi) is 6.45. The Hall–Kier alpha value is -3.27. The summed E-state index contributed by atoms with van der Waals surface area (Å²) in [7, 11) is 0. The molecule has 194 valence electrons. The van der Waals surface area contributed by atoms with Crippen LogP contribution in [0.15, 0.2) is 54.1 Å². The molecule has 7 nitrogen and oxygen atoms in total. The third-order valence-electron chi connectivity index (χ3n) is 6.82. The van der Waals surface area contributed by atoms with Crippen molar-refractivity contribution < 1.29 is 32.6 Å². The molecular weight excluding hydrogens is 475 g/mol. The summed E-state index contributed by atoms with van der Waals surface area (Å²) in [5.74, 6) is -0.135. The van der Waals surface area contributed by atoms with Gasteiger partial charge in [-0.1, -0.05) is 24.8 Å². The van der Waals surface area contributed by atoms with Crippen molar-refractivity contribution in [1.29, 1.82) is 0 Å². The van der Waals surface area contributed by atoms with Crippen LogP contribution in [-0.2, 0) is 16.1 Å². The number of halogens is 3. The molecule has 1 fully saturated rings. The molecule has 0 spiro atoms. The summed E-state index contributed by atoms with van der Waals surface area (Å²) in [5.41, 5.74) is -2.05. The molecule has 4 rings (SSSR count). The fourth-order valence-corrected chi connectivity index (χ4v) is 4.73. The summed E-state index contributed by atoms with van der Waals surface area (Å²) in [6, 6.07) is 2.98. The number of carbonyl (C=O) groups excluding carboxylic acids is 2. The Morgan fingerprint density at radius 3 is 2.75 bits per heavy atom. The van der Waals surface area contributed by atoms with E-state index in [-0.39, 0.29) is 30.0 Å². The topological polar surface area (TPSA) is 90.9 Å². The van der Waals surface area contributed by atoms with Crippen molar-refractivity contribution in [3.63, 3.8) is 0 Å². The lowest BCUT2D eigenvalue weighted by Gasteiger charge is -2.43. The molecule has 10 heteroatoms. The second kappa shape index (κ2) is 8.99. The second-order valence-corrected chi connectivity index (χ2v) is 10.2. The third kappa shape index (κ3) is 4.74. The molecule has 1 aromatic carbocycles. The number of hydrogen-bond acceptors (Lipinski definition) is 5. The predicted octanol–water partition coefficient (Wildman–Crippen LogP) is 3.59. The molecule has 0 aromatic heterocycles. The van der Waals surface area contributed by atoms with Gasteiger partial charge in [-0.2, -0.15) is 13.2 Å². The van der Waals surface area contributed by atoms with Crippen LogP contribution in [0, 0.1) is 6.92 Å². The lowest BCUT2D eigenvalue weighted by atomic mass is 9.82. The Bertz CT molecular complexity index is 1150. The normalized spacial score (nSPS) is 25.8. The molecule has 2 amide bonds. The van der Waals surface area contributed by atoms with E-state index in [4.69, 9.17) is 4.74 Å². The minimum absolute atomic E-state index is 0.108. The smallest absolute Gasteiger partial charge is 0.423 e. The van der Waals surface area contributed by atoms with E-state index in [0.29, 0.717) is 30.0 Å². The third-order valence-corrected chi connectivity index (χ3v) is 6.82. The molecule has 3 aliphatic rings. The van der Waals surface area contributed by atoms with Crippen LogP contribution in [0.3, 0.4) is 0 Å². The molecule has 1 aromatic rings. The van der Waals surface area contributed by atoms with Gasteiger partial charge >= 0.3 is 6.18 Å². The predicted molar refractivity (Wildman–Crippen MR) is 126 cm³/mol. The highest BCUT2D eigenvalue weighted by atomic mass is 19.4. The first-order valence-corrected chi connectivity index (χ1v) is 11.7. The average Bonchev–Trinajstić information content (AvgIpc) is 2.78. The maximum absolute atomic E-state index is 13.9. The van der Waals surface area contributed by atoms with Gasteiger partial charge in [0.25, 0.3) is 5.91 Å². The number of carbonyl (C=O) groups is 2. The van der Waals surface area contributed by atoms with Gasteiger partial charge in [0, 0.05) is 29.5 Å². The first kappa shape index (κ1) is 25.8. The minimum atomic E-state index is -5.04. The van der Waals surface area contributed by atoms with E-state index in [1.807, 2.05) is 20.8 Å². The fraction of sp³-hybridized carbons (Fsp3) is 0.462. The monoisotopic (exact) mass is 505 g/mol. The van der Waals surface area contributed by atoms with Crippen molar-refractivity contribution in [1.82, 2.24) is 15.5 Å². The number of hydrogen-bond donors (Lipinski definition) is 3. The van der Waals surface area contributed by atoms with Crippen LogP contribution in [0.4, 0.5) is 13.2 Å². The summed E-state index contributed by atoms with van der Waals surface area (Å²) >= 11 is 0. The van der Waals surface area contributed by atoms with Crippen LogP contribution >= 0.6 is 0 Å². The zero-order valence-corrected chi connectivity index (χ0v) is 20.5. The molecule has 2 atom stereocenters. The number of nitrogens with zero attached hydrogens (tertiary/aromatic N) is 1. The molecular formula is C26H30F3N3O4. The molecule has 36 heavy (non-hydrogen) atoms. The van der Waals surface area contributed by atoms with Crippen LogP contribution in [-0.4, -0.2) is 51.8 Å². The molecule has 2 aliphatic heterocycles. The molecule has 0 radical (unpaired) electrons. The summed E-state index contributed by atoms with van der Waals surface area (Å²) in [6.45, 7) is 8.68. The zero-order valence-electron chi connectivity index (χ0n) is 20.5. The number of aryl methyl sites for hydroxylation is 1. The van der Waals surface area contributed by atoms with E-state index in [2.05, 4.69) is 17.2 Å². The molecule has 3 N–H and O–H groups in total. The van der Waals surface area contributed by atoms with Crippen molar-refractivity contribution in [3.8, 4) is 0 Å². The molecule has 2 unspecified atom stereocenters. The Morgan fingerprint density at radius 2 is 2.08 bits per heavy atom. The summed E-state index contributed by atoms with van der Waals surface area (Å²) in [4.78, 5) is 27.4. The van der Waals surface area contributed by atoms with Crippen molar-refractivity contribution in [2.24, 2.45) is 0 Å². The summed E-state index contributed by atoms with van der Waals surface area (Å²) in [6.07, 6.45) is -0.649. The largest absolute Gasteiger partial charge is 0.494 e. The number of nitrogens with one attached hydrogen (secondary N) is 2. The highest BCUT2D eigenvalue weighted by Crippen LogP contribution is 2.42. The Labute approximate surface area is 207 Å². The van der Waals surface area contributed by atoms with Crippen LogP contribution in [0.5, 0.6) is 0 Å². The van der Waals surface area contributed by atoms with E-state index >= 15 is 0 Å². The second-order valence-electron chi connectivity index (χ2n) is 10.2. The van der Waals surface area contributed by atoms with Crippen LogP contribution in [0.2, 0.25) is 0 Å². The molecule has 0 saturated carbocycles. The van der Waals surface area contributed by atoms with Gasteiger partial charge in [0.1, 0.15) is 18.2 Å². The van der Waals surface area contributed by atoms with E-state index in [1.54, 1.807) is 18.2 Å². The quantitative estimate of drug-likeness (QED) is 0.582. The SMILES string of the molecule is C=C1NC(C)(C)CC(=O)N1Cc1cc(C(=O)NC2C3=C(CCC=C3)OCC2(O)C(F)(F)F)ccc1C. The van der Waals surface area contributed by atoms with E-state index < -0.39 is 35.9 Å². The standard InChI is InChI=1S/C26H30F3N3O4/c1-15-9-10-17(11-18(15)13-32-16(2)31-24(3,4)12-21(32)33)23(34)30-22-19-7-5-6-8-20(19)36-14-25(22,35)26(27,28)29/h5,7,9-11,22,31,35H,2,6,8,12-14H2,1,3-4H3,(H,30,34). The van der Waals surface area contributed by atoms with Gasteiger partial charge in [0.2, 0.25) is 11.5 Å². The molecule has 1 saturated heterocycles. The average molecular weight is 506 g/mol. The highest BCUT2D eigenvalue weighted by molar-refractivity contribution is 5.95. The van der Waals surface area contributed by atoms with Crippen molar-refractivity contribution in [3.05, 3.63) is 70.8 Å². The van der Waals surface area contributed by atoms with Gasteiger partial charge < -0.3 is 20.5 Å². The number of alkyl halides is 3. The fourth-order valence-electron chi connectivity index (χ4n) is 4.73. The van der Waals surface area contributed by atoms with Gasteiger partial charge in [-0.3, -0.25) is 14.5 Å². The van der Waals surface area contributed by atoms with Crippen molar-refractivity contribution >= 4 is 11.8 Å². The van der Waals surface area contributed by atoms with E-state index in [1.165, 1.54) is 17.0 Å². The Balaban J connectivity index is 1.60. The minimum Gasteiger partial charge on any atom is -0.494 e. The molecule has 0 bridgehead atoms. The van der Waals surface area contributed by atoms with E-state index in [9.17, 15) is 27.9 Å². The highest BCUT2D eigenvalue weighted by Gasteiger charge is 2.62. The van der Waals surface area contributed by atoms with Gasteiger partial charge in [-0.15, -0.1) is 0 Å². The van der Waals surface area contributed by atoms with E-state index in [0.717, 1.165) is 5.56 Å². The maximum Gasteiger partial charge on any atom is 0.423 e. The van der Waals surface area contributed by atoms with Crippen LogP contribution in [0.25, 0.3) is 0 Å². The first-order chi connectivity index (χ1) is 16.7. The van der Waals surface area contributed by atoms with Gasteiger partial charge in [0.15, 0.2) is 0 Å². The summed E-state index contributed by atoms with van der Waals surface area (Å²) < 4.78 is 47.0. The van der Waals surface area contributed by atoms with Gasteiger partial charge in [0.05, 0.1) is 12.6 Å². The van der Waals surface area contributed by atoms with Gasteiger partial charge in [-0.05, 0) is 50.5 Å². The first-order valence-electron chi connectivity index (χ1n) is 11.7. The number of amides is 2. The lowest BCUT2D eigenvalue weighted by Crippen LogP contribution is -2.65. The van der Waals surface area contributed by atoms with Crippen LogP contribution < -0.4 is 10.6 Å². The summed E-state index contributed by atoms with van der Waals surface area (Å²) in [5, 5.41) is 16.2. The Morgan fingerprint density at radius 1 is 1.36 bits per heavy atom.